The van der Waals surface area contributed by atoms with Crippen molar-refractivity contribution in [1.82, 2.24) is 5.73 Å². The molecule has 0 aliphatic heterocycles. The highest BCUT2D eigenvalue weighted by Gasteiger charge is 2.98. The van der Waals surface area contributed by atoms with Crippen LogP contribution in [-0.2, 0) is 0 Å². The van der Waals surface area contributed by atoms with Gasteiger partial charge >= 0.3 is 65.5 Å². The summed E-state index contributed by atoms with van der Waals surface area (Å²) in [6, 6.07) is -7.61. The molecule has 1 nitrogen and oxygen atoms in total. The Kier molecular flexibility index (Phi) is 7.32. The van der Waals surface area contributed by atoms with E-state index < -0.39 is 65.5 Å². The molecule has 0 bridgehead atoms. The van der Waals surface area contributed by atoms with Crippen molar-refractivity contribution in [3.05, 3.63) is 0 Å². The molecule has 0 aromatic rings. The van der Waals surface area contributed by atoms with Crippen molar-refractivity contribution in [3.63, 3.8) is 0 Å². The third kappa shape index (κ3) is 3.82. The highest BCUT2D eigenvalue weighted by Crippen LogP contribution is 2.66. The number of rotatable bonds is 9. The van der Waals surface area contributed by atoms with E-state index in [9.17, 15) is 101 Å². The van der Waals surface area contributed by atoms with Gasteiger partial charge in [0.15, 0.2) is 0 Å². The number of halogens is 23. The second-order valence-corrected chi connectivity index (χ2v) is 6.21. The molecule has 0 heterocycles. The van der Waals surface area contributed by atoms with Gasteiger partial charge in [-0.3, -0.25) is 0 Å². The largest absolute Gasteiger partial charge is 0.460 e. The van der Waals surface area contributed by atoms with Crippen LogP contribution in [0.2, 0.25) is 0 Å². The first-order valence-electron chi connectivity index (χ1n) is 7.07. The summed E-state index contributed by atoms with van der Waals surface area (Å²) in [4.78, 5) is 0. The topological polar surface area (TPSA) is 22.3 Å². The third-order valence-electron chi connectivity index (χ3n) is 3.89. The van der Waals surface area contributed by atoms with Gasteiger partial charge in [0.25, 0.3) is 0 Å². The number of hydrogen-bond donors (Lipinski definition) is 0. The van der Waals surface area contributed by atoms with Crippen LogP contribution in [0.3, 0.4) is 0 Å². The summed E-state index contributed by atoms with van der Waals surface area (Å²) in [6.45, 7) is 0. The van der Waals surface area contributed by atoms with Crippen molar-refractivity contribution in [2.45, 2.75) is 65.5 Å². The van der Waals surface area contributed by atoms with Crippen LogP contribution >= 0.6 is 0 Å². The molecule has 0 aliphatic carbocycles. The minimum absolute atomic E-state index is 7.39. The van der Waals surface area contributed by atoms with E-state index >= 15 is 0 Å². The van der Waals surface area contributed by atoms with Crippen LogP contribution in [0.15, 0.2) is 0 Å². The maximum atomic E-state index is 13.3. The highest BCUT2D eigenvalue weighted by atomic mass is 19.4. The van der Waals surface area contributed by atoms with E-state index in [0.29, 0.717) is 0 Å². The molecular weight excluding hydrogens is 583 g/mol. The molecule has 0 rings (SSSR count). The molecule has 0 aromatic heterocycles. The first-order valence-corrected chi connectivity index (χ1v) is 7.07. The fourth-order valence-corrected chi connectivity index (χ4v) is 1.75. The van der Waals surface area contributed by atoms with Gasteiger partial charge in [0.2, 0.25) is 0 Å². The number of nitrogens with zero attached hydrogens (tertiary/aromatic N) is 1. The van der Waals surface area contributed by atoms with Crippen LogP contribution in [-0.4, -0.2) is 65.5 Å². The van der Waals surface area contributed by atoms with Crippen molar-refractivity contribution in [1.29, 1.82) is 0 Å². The summed E-state index contributed by atoms with van der Waals surface area (Å²) in [7, 11) is 0. The predicted octanol–water partition coefficient (Wildman–Crippen LogP) is 6.93. The smallest absolute Gasteiger partial charge is 0.192 e. The zero-order valence-corrected chi connectivity index (χ0v) is 14.6. The first kappa shape index (κ1) is 33.4. The Hall–Kier alpha value is -1.65. The molecule has 0 N–H and O–H groups in total. The minimum Gasteiger partial charge on any atom is -0.192 e. The Labute approximate surface area is 174 Å². The van der Waals surface area contributed by atoms with E-state index in [2.05, 4.69) is 0 Å². The Morgan fingerprint density at radius 3 is 0.514 bits per heavy atom. The van der Waals surface area contributed by atoms with Crippen LogP contribution in [0, 0.1) is 0 Å². The van der Waals surface area contributed by atoms with Gasteiger partial charge in [-0.15, -0.1) is 0 Å². The monoisotopic (exact) mass is 583 g/mol. The SMILES string of the molecule is [N]C(F)(F)C(F)(F)C(F)(F)C(F)(F)C(F)(F)C(F)(F)C(F)(F)C(F)(F)C(F)(F)C(F)(F)C(F)(F)F. The Morgan fingerprint density at radius 2 is 0.371 bits per heavy atom. The molecule has 210 valence electrons. The highest BCUT2D eigenvalue weighted by molar-refractivity contribution is 5.18. The second kappa shape index (κ2) is 7.68. The Morgan fingerprint density at radius 1 is 0.229 bits per heavy atom. The molecule has 0 saturated carbocycles. The summed E-state index contributed by atoms with van der Waals surface area (Å²) < 4.78 is 294. The van der Waals surface area contributed by atoms with Crippen LogP contribution in [0.25, 0.3) is 0 Å². The number of hydrogen-bond acceptors (Lipinski definition) is 0. The standard InChI is InChI=1S/C11F23N/c12-1(13,2(14,15)4(18,19)6(22,23)8(26,27)10(30,31)32)3(16,17)5(20,21)7(24,25)9(28,29)11(33,34)35. The van der Waals surface area contributed by atoms with Gasteiger partial charge in [-0.2, -0.15) is 101 Å². The number of alkyl halides is 23. The van der Waals surface area contributed by atoms with Gasteiger partial charge in [-0.05, 0) is 0 Å². The van der Waals surface area contributed by atoms with E-state index in [1.807, 2.05) is 0 Å². The molecule has 0 aromatic carbocycles. The summed E-state index contributed by atoms with van der Waals surface area (Å²) in [5, 5.41) is 0. The molecule has 2 radical (unpaired) electrons. The maximum Gasteiger partial charge on any atom is 0.460 e. The van der Waals surface area contributed by atoms with Crippen LogP contribution in [0.4, 0.5) is 101 Å². The van der Waals surface area contributed by atoms with Crippen LogP contribution in [0.1, 0.15) is 0 Å². The molecule has 0 atom stereocenters. The summed E-state index contributed by atoms with van der Waals surface area (Å²) in [6.07, 6.45) is -8.10. The average molecular weight is 583 g/mol. The molecule has 24 heteroatoms. The van der Waals surface area contributed by atoms with Gasteiger partial charge in [0, 0.05) is 0 Å². The van der Waals surface area contributed by atoms with Gasteiger partial charge in [-0.25, -0.2) is 0 Å². The van der Waals surface area contributed by atoms with Gasteiger partial charge in [0.1, 0.15) is 0 Å². The maximum absolute atomic E-state index is 13.3. The summed E-state index contributed by atoms with van der Waals surface area (Å²) in [5.41, 5.74) is 7.39. The fraction of sp³-hybridized carbons (Fsp3) is 1.00. The van der Waals surface area contributed by atoms with Gasteiger partial charge in [-0.1, -0.05) is 5.73 Å². The fourth-order valence-electron chi connectivity index (χ4n) is 1.75. The minimum atomic E-state index is -9.43. The summed E-state index contributed by atoms with van der Waals surface area (Å²) in [5.74, 6) is -81.4. The van der Waals surface area contributed by atoms with Crippen molar-refractivity contribution >= 4 is 0 Å². The molecule has 0 amide bonds. The molecule has 0 unspecified atom stereocenters. The van der Waals surface area contributed by atoms with E-state index in [0.717, 1.165) is 0 Å². The lowest BCUT2D eigenvalue weighted by molar-refractivity contribution is -0.478. The van der Waals surface area contributed by atoms with E-state index in [4.69, 9.17) is 5.73 Å². The lowest BCUT2D eigenvalue weighted by Gasteiger charge is -2.44. The second-order valence-electron chi connectivity index (χ2n) is 6.21. The van der Waals surface area contributed by atoms with Crippen molar-refractivity contribution < 1.29 is 101 Å². The molecular formula is C11F23N. The molecule has 0 aliphatic rings. The molecule has 0 saturated heterocycles. The molecule has 0 spiro atoms. The normalized spacial score (nSPS) is 17.1. The lowest BCUT2D eigenvalue weighted by Crippen LogP contribution is -2.77. The predicted molar refractivity (Wildman–Crippen MR) is 57.7 cm³/mol. The van der Waals surface area contributed by atoms with E-state index in [-0.39, 0.29) is 0 Å². The van der Waals surface area contributed by atoms with Crippen molar-refractivity contribution in [2.75, 3.05) is 0 Å². The van der Waals surface area contributed by atoms with Gasteiger partial charge < -0.3 is 0 Å². The molecule has 0 fully saturated rings. The Balaban J connectivity index is 7.15. The summed E-state index contributed by atoms with van der Waals surface area (Å²) >= 11 is 0. The van der Waals surface area contributed by atoms with Crippen LogP contribution < -0.4 is 5.73 Å². The zero-order valence-electron chi connectivity index (χ0n) is 14.6. The van der Waals surface area contributed by atoms with Crippen LogP contribution in [0.5, 0.6) is 0 Å². The molecule has 35 heavy (non-hydrogen) atoms. The zero-order chi connectivity index (χ0) is 29.5. The van der Waals surface area contributed by atoms with E-state index in [1.54, 1.807) is 0 Å². The van der Waals surface area contributed by atoms with Crippen molar-refractivity contribution in [2.24, 2.45) is 0 Å². The average Bonchev–Trinajstić information content (AvgIpc) is 2.58. The third-order valence-corrected chi connectivity index (χ3v) is 3.89. The lowest BCUT2D eigenvalue weighted by atomic mass is 9.86. The van der Waals surface area contributed by atoms with Crippen molar-refractivity contribution in [3.8, 4) is 0 Å². The van der Waals surface area contributed by atoms with E-state index in [1.165, 1.54) is 0 Å². The quantitative estimate of drug-likeness (QED) is 0.208. The van der Waals surface area contributed by atoms with Gasteiger partial charge in [0.05, 0.1) is 0 Å². The Bertz CT molecular complexity index is 716. The first-order chi connectivity index (χ1) is 14.5.